The van der Waals surface area contributed by atoms with Crippen molar-refractivity contribution in [2.24, 2.45) is 0 Å². The van der Waals surface area contributed by atoms with Crippen molar-refractivity contribution in [3.63, 3.8) is 0 Å². The SMILES string of the molecule is CC1C=[C]([Zr+2]([C]2=CC(C)c3cc4ccccc4cc32)=[Si](C)C)c2cc3ccccc3cc21.[Cl-].[Cl-]. The molecule has 170 valence electrons. The van der Waals surface area contributed by atoms with E-state index in [4.69, 9.17) is 0 Å². The molecule has 0 fully saturated rings. The summed E-state index contributed by atoms with van der Waals surface area (Å²) in [5, 5.41) is 5.52. The Balaban J connectivity index is 0.00000137. The third-order valence-corrected chi connectivity index (χ3v) is 23.6. The zero-order valence-electron chi connectivity index (χ0n) is 20.0. The molecule has 0 amide bonds. The van der Waals surface area contributed by atoms with E-state index in [1.807, 2.05) is 0 Å². The molecule has 0 aromatic heterocycles. The fourth-order valence-electron chi connectivity index (χ4n) is 5.71. The van der Waals surface area contributed by atoms with Crippen molar-refractivity contribution in [1.82, 2.24) is 0 Å². The molecular weight excluding hydrogens is 551 g/mol. The molecule has 2 aliphatic rings. The van der Waals surface area contributed by atoms with Crippen LogP contribution in [0.5, 0.6) is 0 Å². The van der Waals surface area contributed by atoms with Gasteiger partial charge in [0.05, 0.1) is 0 Å². The van der Waals surface area contributed by atoms with E-state index in [9.17, 15) is 0 Å². The van der Waals surface area contributed by atoms with Gasteiger partial charge in [0.1, 0.15) is 0 Å². The number of allylic oxidation sites excluding steroid dienone is 2. The van der Waals surface area contributed by atoms with Gasteiger partial charge in [0, 0.05) is 0 Å². The van der Waals surface area contributed by atoms with Crippen molar-refractivity contribution in [1.29, 1.82) is 0 Å². The van der Waals surface area contributed by atoms with Crippen LogP contribution >= 0.6 is 0 Å². The van der Waals surface area contributed by atoms with Crippen LogP contribution < -0.4 is 24.8 Å². The van der Waals surface area contributed by atoms with Gasteiger partial charge in [0.2, 0.25) is 0 Å². The molecule has 0 saturated carbocycles. The van der Waals surface area contributed by atoms with Crippen LogP contribution in [0, 0.1) is 0 Å². The van der Waals surface area contributed by atoms with Crippen molar-refractivity contribution in [3.05, 3.63) is 107 Å². The maximum atomic E-state index is 2.65. The average molecular weight is 579 g/mol. The minimum atomic E-state index is -2.05. The predicted octanol–water partition coefficient (Wildman–Crippen LogP) is 2.49. The molecule has 0 bridgehead atoms. The smallest absolute Gasteiger partial charge is 1.00 e. The summed E-state index contributed by atoms with van der Waals surface area (Å²) >= 11 is -2.05. The normalized spacial score (nSPS) is 17.6. The third-order valence-electron chi connectivity index (χ3n) is 7.27. The van der Waals surface area contributed by atoms with E-state index < -0.39 is 25.8 Å². The average Bonchev–Trinajstić information content (AvgIpc) is 3.27. The standard InChI is InChI=1S/2C14H11.C2H6Si.2ClH.Zr/c2*1-10-6-7-13-8-11-4-2-3-5-12(11)9-14(10)13;1-3-2;;;/h2*2-6,8-10H,1H3;1-2H3;2*1H;/q;;;;;+2/p-2. The Morgan fingerprint density at radius 3 is 1.29 bits per heavy atom. The van der Waals surface area contributed by atoms with Crippen molar-refractivity contribution in [2.75, 3.05) is 0 Å². The Morgan fingerprint density at radius 2 is 0.941 bits per heavy atom. The van der Waals surface area contributed by atoms with Gasteiger partial charge in [0.25, 0.3) is 0 Å². The molecule has 0 N–H and O–H groups in total. The molecule has 0 aliphatic heterocycles. The molecule has 2 aliphatic carbocycles. The van der Waals surface area contributed by atoms with Gasteiger partial charge in [-0.2, -0.15) is 0 Å². The predicted molar refractivity (Wildman–Crippen MR) is 138 cm³/mol. The molecule has 2 unspecified atom stereocenters. The van der Waals surface area contributed by atoms with Gasteiger partial charge in [-0.1, -0.05) is 0 Å². The summed E-state index contributed by atoms with van der Waals surface area (Å²) in [6.07, 6.45) is 5.31. The third kappa shape index (κ3) is 4.11. The second kappa shape index (κ2) is 9.90. The molecule has 2 atom stereocenters. The molecule has 0 spiro atoms. The van der Waals surface area contributed by atoms with Gasteiger partial charge >= 0.3 is 200 Å². The number of halogens is 2. The van der Waals surface area contributed by atoms with Crippen LogP contribution in [0.25, 0.3) is 28.1 Å². The number of rotatable bonds is 2. The van der Waals surface area contributed by atoms with Gasteiger partial charge in [-0.15, -0.1) is 0 Å². The number of fused-ring (bicyclic) bond motifs is 4. The van der Waals surface area contributed by atoms with E-state index in [0.29, 0.717) is 11.8 Å². The fourth-order valence-corrected chi connectivity index (χ4v) is 22.5. The van der Waals surface area contributed by atoms with Gasteiger partial charge < -0.3 is 24.8 Å². The zero-order chi connectivity index (χ0) is 22.0. The Hall–Kier alpha value is -1.44. The second-order valence-corrected chi connectivity index (χ2v) is 26.5. The van der Waals surface area contributed by atoms with E-state index in [0.717, 1.165) is 0 Å². The molecule has 4 aromatic rings. The van der Waals surface area contributed by atoms with Crippen LogP contribution in [0.1, 0.15) is 47.9 Å². The Labute approximate surface area is 223 Å². The minimum absolute atomic E-state index is 0. The summed E-state index contributed by atoms with van der Waals surface area (Å²) in [6, 6.07) is 27.7. The van der Waals surface area contributed by atoms with Crippen LogP contribution in [-0.4, -0.2) is 5.43 Å². The van der Waals surface area contributed by atoms with Gasteiger partial charge in [-0.3, -0.25) is 0 Å². The summed E-state index contributed by atoms with van der Waals surface area (Å²) in [7, 11) is 0. The Bertz CT molecular complexity index is 1420. The fraction of sp³-hybridized carbons (Fsp3) is 0.200. The first-order chi connectivity index (χ1) is 15.5. The second-order valence-electron chi connectivity index (χ2n) is 9.69. The maximum Gasteiger partial charge on any atom is -1.00 e. The van der Waals surface area contributed by atoms with Crippen LogP contribution in [0.15, 0.2) is 84.9 Å². The Morgan fingerprint density at radius 1 is 0.588 bits per heavy atom. The molecule has 0 saturated heterocycles. The Kier molecular flexibility index (Phi) is 7.47. The summed E-state index contributed by atoms with van der Waals surface area (Å²) < 4.78 is 3.53. The molecule has 4 heteroatoms. The molecule has 6 rings (SSSR count). The number of benzene rings is 4. The summed E-state index contributed by atoms with van der Waals surface area (Å²) in [5.74, 6) is 1.05. The van der Waals surface area contributed by atoms with Crippen LogP contribution in [-0.2, 0) is 20.4 Å². The quantitative estimate of drug-likeness (QED) is 0.321. The molecule has 34 heavy (non-hydrogen) atoms. The van der Waals surface area contributed by atoms with E-state index >= 15 is 0 Å². The molecule has 0 nitrogen and oxygen atoms in total. The van der Waals surface area contributed by atoms with Crippen LogP contribution in [0.2, 0.25) is 13.1 Å². The van der Waals surface area contributed by atoms with Crippen molar-refractivity contribution in [3.8, 4) is 0 Å². The summed E-state index contributed by atoms with van der Waals surface area (Å²) in [4.78, 5) is 0. The van der Waals surface area contributed by atoms with Crippen LogP contribution in [0.3, 0.4) is 0 Å². The number of hydrogen-bond donors (Lipinski definition) is 0. The van der Waals surface area contributed by atoms with Crippen molar-refractivity contribution in [2.45, 2.75) is 38.8 Å². The first kappa shape index (κ1) is 25.6. The summed E-state index contributed by atoms with van der Waals surface area (Å²) in [5.41, 5.74) is 5.82. The minimum Gasteiger partial charge on any atom is -1.00 e. The first-order valence-corrected chi connectivity index (χ1v) is 20.3. The number of hydrogen-bond acceptors (Lipinski definition) is 0. The monoisotopic (exact) mass is 576 g/mol. The summed E-state index contributed by atoms with van der Waals surface area (Å²) in [6.45, 7) is 9.95. The topological polar surface area (TPSA) is 0 Å². The molecule has 0 radical (unpaired) electrons. The van der Waals surface area contributed by atoms with Crippen molar-refractivity contribution >= 4 is 33.5 Å². The van der Waals surface area contributed by atoms with E-state index in [2.05, 4.69) is 112 Å². The van der Waals surface area contributed by atoms with E-state index in [1.54, 1.807) is 28.8 Å². The van der Waals surface area contributed by atoms with Gasteiger partial charge in [-0.05, 0) is 0 Å². The molecule has 0 heterocycles. The van der Waals surface area contributed by atoms with Gasteiger partial charge in [-0.25, -0.2) is 0 Å². The van der Waals surface area contributed by atoms with E-state index in [-0.39, 0.29) is 24.8 Å². The van der Waals surface area contributed by atoms with E-state index in [1.165, 1.54) is 21.5 Å². The first-order valence-electron chi connectivity index (χ1n) is 11.7. The zero-order valence-corrected chi connectivity index (χ0v) is 25.0. The molecular formula is C30H28Cl2SiZr. The van der Waals surface area contributed by atoms with Gasteiger partial charge in [0.15, 0.2) is 0 Å². The van der Waals surface area contributed by atoms with Crippen LogP contribution in [0.4, 0.5) is 0 Å². The molecule has 4 aromatic carbocycles. The maximum absolute atomic E-state index is 2.65. The largest absolute Gasteiger partial charge is 1.00 e. The van der Waals surface area contributed by atoms with Crippen molar-refractivity contribution < 1.29 is 45.2 Å².